The van der Waals surface area contributed by atoms with E-state index in [2.05, 4.69) is 10.2 Å². The summed E-state index contributed by atoms with van der Waals surface area (Å²) in [6, 6.07) is 17.5. The Bertz CT molecular complexity index is 797. The topological polar surface area (TPSA) is 47.8 Å². The molecule has 1 aromatic heterocycles. The van der Waals surface area contributed by atoms with E-state index in [1.807, 2.05) is 73.0 Å². The Morgan fingerprint density at radius 3 is 2.48 bits per heavy atom. The van der Waals surface area contributed by atoms with Gasteiger partial charge in [0.25, 0.3) is 0 Å². The normalized spacial score (nSPS) is 12.1. The predicted molar refractivity (Wildman–Crippen MR) is 92.2 cm³/mol. The van der Waals surface area contributed by atoms with E-state index in [4.69, 9.17) is 0 Å². The number of para-hydroxylation sites is 1. The van der Waals surface area contributed by atoms with Crippen LogP contribution >= 0.6 is 11.8 Å². The summed E-state index contributed by atoms with van der Waals surface area (Å²) in [5, 5.41) is 8.60. The number of thioether (sulfide) groups is 1. The largest absolute Gasteiger partial charge is 0.293 e. The highest BCUT2D eigenvalue weighted by Gasteiger charge is 2.19. The zero-order valence-corrected chi connectivity index (χ0v) is 13.8. The zero-order valence-electron chi connectivity index (χ0n) is 13.0. The van der Waals surface area contributed by atoms with E-state index < -0.39 is 0 Å². The molecule has 0 aliphatic rings. The number of aromatic nitrogens is 3. The van der Waals surface area contributed by atoms with Crippen molar-refractivity contribution in [3.05, 3.63) is 72.1 Å². The standard InChI is InChI=1S/C18H17N3OS/c1-13-8-10-15(11-9-13)17(22)14(2)23-18-20-19-12-21(18)16-6-4-3-5-7-16/h3-12,14H,1-2H3/t14-/m0/s1. The summed E-state index contributed by atoms with van der Waals surface area (Å²) in [6.45, 7) is 3.91. The fraction of sp³-hybridized carbons (Fsp3) is 0.167. The van der Waals surface area contributed by atoms with Gasteiger partial charge in [-0.05, 0) is 26.0 Å². The minimum Gasteiger partial charge on any atom is -0.293 e. The van der Waals surface area contributed by atoms with Crippen molar-refractivity contribution < 1.29 is 4.79 Å². The highest BCUT2D eigenvalue weighted by molar-refractivity contribution is 8.00. The van der Waals surface area contributed by atoms with Gasteiger partial charge in [0, 0.05) is 11.3 Å². The zero-order chi connectivity index (χ0) is 16.2. The maximum absolute atomic E-state index is 12.6. The first-order valence-electron chi connectivity index (χ1n) is 7.38. The summed E-state index contributed by atoms with van der Waals surface area (Å²) < 4.78 is 1.89. The molecule has 23 heavy (non-hydrogen) atoms. The molecule has 3 rings (SSSR count). The Balaban J connectivity index is 1.79. The van der Waals surface area contributed by atoms with Crippen LogP contribution in [0.5, 0.6) is 0 Å². The highest BCUT2D eigenvalue weighted by Crippen LogP contribution is 2.26. The van der Waals surface area contributed by atoms with Gasteiger partial charge in [-0.2, -0.15) is 0 Å². The van der Waals surface area contributed by atoms with Gasteiger partial charge < -0.3 is 0 Å². The fourth-order valence-corrected chi connectivity index (χ4v) is 3.15. The summed E-state index contributed by atoms with van der Waals surface area (Å²) in [6.07, 6.45) is 1.67. The van der Waals surface area contributed by atoms with E-state index >= 15 is 0 Å². The summed E-state index contributed by atoms with van der Waals surface area (Å²) in [4.78, 5) is 12.6. The van der Waals surface area contributed by atoms with E-state index in [9.17, 15) is 4.79 Å². The first kappa shape index (κ1) is 15.5. The average molecular weight is 323 g/mol. The van der Waals surface area contributed by atoms with Crippen molar-refractivity contribution in [2.45, 2.75) is 24.3 Å². The van der Waals surface area contributed by atoms with Crippen LogP contribution in [0.1, 0.15) is 22.8 Å². The minimum atomic E-state index is -0.232. The van der Waals surface area contributed by atoms with Crippen molar-refractivity contribution >= 4 is 17.5 Å². The van der Waals surface area contributed by atoms with Gasteiger partial charge in [-0.15, -0.1) is 10.2 Å². The van der Waals surface area contributed by atoms with Gasteiger partial charge in [0.05, 0.1) is 5.25 Å². The van der Waals surface area contributed by atoms with E-state index in [1.165, 1.54) is 11.8 Å². The first-order chi connectivity index (χ1) is 11.1. The van der Waals surface area contributed by atoms with Gasteiger partial charge in [-0.3, -0.25) is 9.36 Å². The number of Topliss-reactive ketones (excluding diaryl/α,β-unsaturated/α-hetero) is 1. The number of nitrogens with zero attached hydrogens (tertiary/aromatic N) is 3. The van der Waals surface area contributed by atoms with Crippen LogP contribution < -0.4 is 0 Å². The molecule has 3 aromatic rings. The summed E-state index contributed by atoms with van der Waals surface area (Å²) >= 11 is 1.42. The smallest absolute Gasteiger partial charge is 0.196 e. The van der Waals surface area contributed by atoms with Crippen LogP contribution in [-0.2, 0) is 0 Å². The van der Waals surface area contributed by atoms with Crippen LogP contribution in [0.3, 0.4) is 0 Å². The van der Waals surface area contributed by atoms with Crippen LogP contribution in [0, 0.1) is 6.92 Å². The number of ketones is 1. The second-order valence-corrected chi connectivity index (χ2v) is 6.62. The minimum absolute atomic E-state index is 0.0950. The highest BCUT2D eigenvalue weighted by atomic mass is 32.2. The maximum Gasteiger partial charge on any atom is 0.196 e. The van der Waals surface area contributed by atoms with Gasteiger partial charge >= 0.3 is 0 Å². The SMILES string of the molecule is Cc1ccc(C(=O)[C@H](C)Sc2nncn2-c2ccccc2)cc1. The molecule has 0 spiro atoms. The summed E-state index contributed by atoms with van der Waals surface area (Å²) in [5.41, 5.74) is 2.85. The molecule has 0 bridgehead atoms. The van der Waals surface area contributed by atoms with E-state index in [0.29, 0.717) is 5.16 Å². The number of carbonyl (C=O) groups is 1. The van der Waals surface area contributed by atoms with Gasteiger partial charge in [0.15, 0.2) is 10.9 Å². The van der Waals surface area contributed by atoms with Crippen LogP contribution in [-0.4, -0.2) is 25.8 Å². The molecule has 2 aromatic carbocycles. The lowest BCUT2D eigenvalue weighted by atomic mass is 10.1. The number of benzene rings is 2. The van der Waals surface area contributed by atoms with Crippen molar-refractivity contribution in [2.75, 3.05) is 0 Å². The van der Waals surface area contributed by atoms with Gasteiger partial charge in [0.2, 0.25) is 0 Å². The van der Waals surface area contributed by atoms with Gasteiger partial charge in [-0.1, -0.05) is 59.8 Å². The van der Waals surface area contributed by atoms with E-state index in [0.717, 1.165) is 16.8 Å². The van der Waals surface area contributed by atoms with Crippen molar-refractivity contribution in [3.8, 4) is 5.69 Å². The second kappa shape index (κ2) is 6.79. The molecular weight excluding hydrogens is 306 g/mol. The lowest BCUT2D eigenvalue weighted by Crippen LogP contribution is -2.14. The molecule has 0 radical (unpaired) electrons. The fourth-order valence-electron chi connectivity index (χ4n) is 2.23. The van der Waals surface area contributed by atoms with Crippen LogP contribution in [0.25, 0.3) is 5.69 Å². The van der Waals surface area contributed by atoms with Crippen LogP contribution in [0.2, 0.25) is 0 Å². The van der Waals surface area contributed by atoms with E-state index in [-0.39, 0.29) is 11.0 Å². The van der Waals surface area contributed by atoms with Crippen LogP contribution in [0.4, 0.5) is 0 Å². The molecular formula is C18H17N3OS. The maximum atomic E-state index is 12.6. The van der Waals surface area contributed by atoms with Crippen molar-refractivity contribution in [3.63, 3.8) is 0 Å². The molecule has 0 N–H and O–H groups in total. The molecule has 1 heterocycles. The third kappa shape index (κ3) is 3.51. The Labute approximate surface area is 139 Å². The van der Waals surface area contributed by atoms with Crippen molar-refractivity contribution in [2.24, 2.45) is 0 Å². The second-order valence-electron chi connectivity index (χ2n) is 5.31. The third-order valence-corrected chi connectivity index (χ3v) is 4.60. The third-order valence-electron chi connectivity index (χ3n) is 3.54. The van der Waals surface area contributed by atoms with Gasteiger partial charge in [0.1, 0.15) is 6.33 Å². The Kier molecular flexibility index (Phi) is 4.57. The molecule has 1 atom stereocenters. The molecule has 0 amide bonds. The lowest BCUT2D eigenvalue weighted by molar-refractivity contribution is 0.0994. The number of carbonyl (C=O) groups excluding carboxylic acids is 1. The molecule has 0 aliphatic heterocycles. The average Bonchev–Trinajstić information content (AvgIpc) is 3.04. The molecule has 0 unspecified atom stereocenters. The molecule has 116 valence electrons. The monoisotopic (exact) mass is 323 g/mol. The molecule has 0 saturated heterocycles. The van der Waals surface area contributed by atoms with Crippen molar-refractivity contribution in [1.82, 2.24) is 14.8 Å². The first-order valence-corrected chi connectivity index (χ1v) is 8.26. The summed E-state index contributed by atoms with van der Waals surface area (Å²) in [5.74, 6) is 0.0950. The summed E-state index contributed by atoms with van der Waals surface area (Å²) in [7, 11) is 0. The number of hydrogen-bond acceptors (Lipinski definition) is 4. The molecule has 0 fully saturated rings. The molecule has 0 saturated carbocycles. The van der Waals surface area contributed by atoms with Crippen LogP contribution in [0.15, 0.2) is 66.1 Å². The molecule has 5 heteroatoms. The Hall–Kier alpha value is -2.40. The quantitative estimate of drug-likeness (QED) is 0.527. The molecule has 0 aliphatic carbocycles. The number of aryl methyl sites for hydroxylation is 1. The van der Waals surface area contributed by atoms with Crippen molar-refractivity contribution in [1.29, 1.82) is 0 Å². The lowest BCUT2D eigenvalue weighted by Gasteiger charge is -2.11. The Morgan fingerprint density at radius 1 is 1.09 bits per heavy atom. The number of rotatable bonds is 5. The van der Waals surface area contributed by atoms with E-state index in [1.54, 1.807) is 6.33 Å². The Morgan fingerprint density at radius 2 is 1.78 bits per heavy atom. The molecule has 4 nitrogen and oxygen atoms in total. The van der Waals surface area contributed by atoms with Gasteiger partial charge in [-0.25, -0.2) is 0 Å². The predicted octanol–water partition coefficient (Wildman–Crippen LogP) is 3.94. The number of hydrogen-bond donors (Lipinski definition) is 0.